The molecule has 0 aliphatic heterocycles. The first kappa shape index (κ1) is 15.1. The van der Waals surface area contributed by atoms with Crippen LogP contribution in [0, 0.1) is 11.6 Å². The molecule has 3 N–H and O–H groups in total. The molecule has 0 unspecified atom stereocenters. The van der Waals surface area contributed by atoms with E-state index in [-0.39, 0.29) is 5.56 Å². The Balaban J connectivity index is 2.10. The van der Waals surface area contributed by atoms with Crippen LogP contribution in [0.5, 0.6) is 0 Å². The molecule has 0 fully saturated rings. The lowest BCUT2D eigenvalue weighted by Crippen LogP contribution is -2.12. The van der Waals surface area contributed by atoms with Gasteiger partial charge in [0, 0.05) is 11.3 Å². The van der Waals surface area contributed by atoms with Crippen LogP contribution in [0.25, 0.3) is 0 Å². The molecular formula is C16H16F2N2O. The van der Waals surface area contributed by atoms with Crippen LogP contribution in [0.1, 0.15) is 22.3 Å². The van der Waals surface area contributed by atoms with E-state index in [4.69, 9.17) is 5.73 Å². The fourth-order valence-corrected chi connectivity index (χ4v) is 1.95. The third-order valence-electron chi connectivity index (χ3n) is 3.04. The van der Waals surface area contributed by atoms with Gasteiger partial charge in [0.1, 0.15) is 0 Å². The highest BCUT2D eigenvalue weighted by atomic mass is 19.2. The van der Waals surface area contributed by atoms with E-state index in [1.54, 1.807) is 6.07 Å². The predicted octanol–water partition coefficient (Wildman–Crippen LogP) is 3.11. The van der Waals surface area contributed by atoms with Gasteiger partial charge in [0.2, 0.25) is 0 Å². The normalized spacial score (nSPS) is 10.4. The first-order valence-corrected chi connectivity index (χ1v) is 6.65. The van der Waals surface area contributed by atoms with Gasteiger partial charge in [0.15, 0.2) is 11.6 Å². The molecule has 2 aromatic rings. The van der Waals surface area contributed by atoms with E-state index in [1.165, 1.54) is 6.07 Å². The van der Waals surface area contributed by atoms with Crippen LogP contribution in [0.2, 0.25) is 0 Å². The number of hydrogen-bond acceptors (Lipinski definition) is 2. The van der Waals surface area contributed by atoms with Gasteiger partial charge in [-0.1, -0.05) is 12.1 Å². The number of carbonyl (C=O) groups excluding carboxylic acids is 1. The van der Waals surface area contributed by atoms with Crippen molar-refractivity contribution in [3.63, 3.8) is 0 Å². The molecule has 0 saturated heterocycles. The van der Waals surface area contributed by atoms with Crippen molar-refractivity contribution in [2.24, 2.45) is 5.73 Å². The van der Waals surface area contributed by atoms with Crippen LogP contribution in [-0.2, 0) is 6.42 Å². The van der Waals surface area contributed by atoms with Crippen LogP contribution in [0.4, 0.5) is 14.5 Å². The van der Waals surface area contributed by atoms with E-state index in [2.05, 4.69) is 5.32 Å². The maximum absolute atomic E-state index is 13.1. The van der Waals surface area contributed by atoms with Crippen LogP contribution < -0.4 is 11.1 Å². The summed E-state index contributed by atoms with van der Waals surface area (Å²) in [6.07, 6.45) is 1.69. The zero-order chi connectivity index (χ0) is 15.2. The van der Waals surface area contributed by atoms with Crippen molar-refractivity contribution in [3.8, 4) is 0 Å². The lowest BCUT2D eigenvalue weighted by Gasteiger charge is -2.07. The van der Waals surface area contributed by atoms with Gasteiger partial charge in [-0.05, 0) is 55.3 Å². The Morgan fingerprint density at radius 1 is 1.10 bits per heavy atom. The maximum Gasteiger partial charge on any atom is 0.255 e. The summed E-state index contributed by atoms with van der Waals surface area (Å²) in [6.45, 7) is 0.603. The topological polar surface area (TPSA) is 55.1 Å². The maximum atomic E-state index is 13.1. The van der Waals surface area contributed by atoms with Crippen molar-refractivity contribution in [1.82, 2.24) is 0 Å². The van der Waals surface area contributed by atoms with Gasteiger partial charge in [0.25, 0.3) is 5.91 Å². The Hall–Kier alpha value is -2.27. The molecule has 0 heterocycles. The number of aryl methyl sites for hydroxylation is 1. The van der Waals surface area contributed by atoms with E-state index >= 15 is 0 Å². The third kappa shape index (κ3) is 4.10. The molecule has 2 rings (SSSR count). The second-order valence-corrected chi connectivity index (χ2v) is 4.68. The molecule has 3 nitrogen and oxygen atoms in total. The number of nitrogens with two attached hydrogens (primary N) is 1. The SMILES string of the molecule is NCCCc1cccc(NC(=O)c2ccc(F)c(F)c2)c1. The standard InChI is InChI=1S/C16H16F2N2O/c17-14-7-6-12(10-15(14)18)16(21)20-13-5-1-3-11(9-13)4-2-8-19/h1,3,5-7,9-10H,2,4,8,19H2,(H,20,21). The molecular weight excluding hydrogens is 274 g/mol. The molecule has 0 aromatic heterocycles. The molecule has 5 heteroatoms. The van der Waals surface area contributed by atoms with Gasteiger partial charge in [-0.2, -0.15) is 0 Å². The molecule has 0 aliphatic carbocycles. The van der Waals surface area contributed by atoms with E-state index in [9.17, 15) is 13.6 Å². The Morgan fingerprint density at radius 2 is 1.90 bits per heavy atom. The van der Waals surface area contributed by atoms with Gasteiger partial charge in [-0.25, -0.2) is 8.78 Å². The number of nitrogens with one attached hydrogen (secondary N) is 1. The summed E-state index contributed by atoms with van der Waals surface area (Å²) in [5.74, 6) is -2.50. The summed E-state index contributed by atoms with van der Waals surface area (Å²) in [7, 11) is 0. The first-order valence-electron chi connectivity index (χ1n) is 6.65. The van der Waals surface area contributed by atoms with Gasteiger partial charge in [0.05, 0.1) is 0 Å². The van der Waals surface area contributed by atoms with Crippen molar-refractivity contribution in [2.75, 3.05) is 11.9 Å². The molecule has 21 heavy (non-hydrogen) atoms. The molecule has 0 radical (unpaired) electrons. The van der Waals surface area contributed by atoms with Gasteiger partial charge in [-0.15, -0.1) is 0 Å². The summed E-state index contributed by atoms with van der Waals surface area (Å²) in [4.78, 5) is 12.0. The monoisotopic (exact) mass is 290 g/mol. The van der Waals surface area contributed by atoms with Crippen LogP contribution in [-0.4, -0.2) is 12.5 Å². The minimum absolute atomic E-state index is 0.0706. The number of rotatable bonds is 5. The Bertz CT molecular complexity index is 644. The second-order valence-electron chi connectivity index (χ2n) is 4.68. The first-order chi connectivity index (χ1) is 10.1. The minimum Gasteiger partial charge on any atom is -0.330 e. The second kappa shape index (κ2) is 6.95. The Morgan fingerprint density at radius 3 is 2.62 bits per heavy atom. The average Bonchev–Trinajstić information content (AvgIpc) is 2.48. The third-order valence-corrected chi connectivity index (χ3v) is 3.04. The highest BCUT2D eigenvalue weighted by molar-refractivity contribution is 6.04. The lowest BCUT2D eigenvalue weighted by atomic mass is 10.1. The van der Waals surface area contributed by atoms with E-state index in [1.807, 2.05) is 18.2 Å². The number of benzene rings is 2. The van der Waals surface area contributed by atoms with Crippen molar-refractivity contribution >= 4 is 11.6 Å². The molecule has 110 valence electrons. The number of anilines is 1. The molecule has 0 aliphatic rings. The number of amides is 1. The van der Waals surface area contributed by atoms with Crippen molar-refractivity contribution in [2.45, 2.75) is 12.8 Å². The highest BCUT2D eigenvalue weighted by Gasteiger charge is 2.10. The number of halogens is 2. The van der Waals surface area contributed by atoms with Crippen LogP contribution in [0.15, 0.2) is 42.5 Å². The quantitative estimate of drug-likeness (QED) is 0.889. The molecule has 2 aromatic carbocycles. The van der Waals surface area contributed by atoms with Gasteiger partial charge in [-0.3, -0.25) is 4.79 Å². The van der Waals surface area contributed by atoms with E-state index in [0.29, 0.717) is 12.2 Å². The molecule has 0 spiro atoms. The minimum atomic E-state index is -1.04. The molecule has 1 amide bonds. The Labute approximate surface area is 121 Å². The van der Waals surface area contributed by atoms with Crippen molar-refractivity contribution in [1.29, 1.82) is 0 Å². The van der Waals surface area contributed by atoms with E-state index in [0.717, 1.165) is 30.5 Å². The summed E-state index contributed by atoms with van der Waals surface area (Å²) >= 11 is 0. The zero-order valence-corrected chi connectivity index (χ0v) is 11.4. The molecule has 0 bridgehead atoms. The fraction of sp³-hybridized carbons (Fsp3) is 0.188. The number of carbonyl (C=O) groups is 1. The van der Waals surface area contributed by atoms with Gasteiger partial charge < -0.3 is 11.1 Å². The lowest BCUT2D eigenvalue weighted by molar-refractivity contribution is 0.102. The van der Waals surface area contributed by atoms with E-state index < -0.39 is 17.5 Å². The summed E-state index contributed by atoms with van der Waals surface area (Å²) in [5.41, 5.74) is 7.20. The van der Waals surface area contributed by atoms with Gasteiger partial charge >= 0.3 is 0 Å². The smallest absolute Gasteiger partial charge is 0.255 e. The van der Waals surface area contributed by atoms with Crippen molar-refractivity contribution < 1.29 is 13.6 Å². The largest absolute Gasteiger partial charge is 0.330 e. The molecule has 0 saturated carbocycles. The molecule has 0 atom stereocenters. The summed E-state index contributed by atoms with van der Waals surface area (Å²) < 4.78 is 26.0. The summed E-state index contributed by atoms with van der Waals surface area (Å²) in [5, 5.41) is 2.66. The average molecular weight is 290 g/mol. The van der Waals surface area contributed by atoms with Crippen LogP contribution >= 0.6 is 0 Å². The highest BCUT2D eigenvalue weighted by Crippen LogP contribution is 2.15. The summed E-state index contributed by atoms with van der Waals surface area (Å²) in [6, 6.07) is 10.4. The van der Waals surface area contributed by atoms with Crippen molar-refractivity contribution in [3.05, 3.63) is 65.2 Å². The predicted molar refractivity (Wildman–Crippen MR) is 78.1 cm³/mol. The number of hydrogen-bond donors (Lipinski definition) is 2. The fourth-order valence-electron chi connectivity index (χ4n) is 1.95. The van der Waals surface area contributed by atoms with Crippen LogP contribution in [0.3, 0.4) is 0 Å². The Kier molecular flexibility index (Phi) is 5.00. The zero-order valence-electron chi connectivity index (χ0n) is 11.4.